The maximum absolute atomic E-state index is 9.85. The predicted molar refractivity (Wildman–Crippen MR) is 54.4 cm³/mol. The van der Waals surface area contributed by atoms with Crippen LogP contribution in [0.5, 0.6) is 5.75 Å². The molecule has 0 unspecified atom stereocenters. The highest BCUT2D eigenvalue weighted by molar-refractivity contribution is 5.36. The van der Waals surface area contributed by atoms with E-state index in [9.17, 15) is 4.79 Å². The van der Waals surface area contributed by atoms with Crippen LogP contribution < -0.4 is 4.74 Å². The highest BCUT2D eigenvalue weighted by Crippen LogP contribution is 2.18. The summed E-state index contributed by atoms with van der Waals surface area (Å²) in [5, 5.41) is 0. The number of hydrogen-bond acceptors (Lipinski definition) is 3. The van der Waals surface area contributed by atoms with E-state index in [1.165, 1.54) is 6.08 Å². The van der Waals surface area contributed by atoms with E-state index in [2.05, 4.69) is 4.99 Å². The highest BCUT2D eigenvalue weighted by Gasteiger charge is 1.99. The molecule has 0 aliphatic carbocycles. The summed E-state index contributed by atoms with van der Waals surface area (Å²) in [6.45, 7) is 2.49. The Kier molecular flexibility index (Phi) is 3.89. The van der Waals surface area contributed by atoms with Crippen LogP contribution in [0.3, 0.4) is 0 Å². The normalized spacial score (nSPS) is 9.29. The van der Waals surface area contributed by atoms with Crippen LogP contribution in [0, 0.1) is 6.92 Å². The van der Waals surface area contributed by atoms with Gasteiger partial charge in [0.15, 0.2) is 0 Å². The molecule has 0 aromatic heterocycles. The van der Waals surface area contributed by atoms with Gasteiger partial charge in [-0.05, 0) is 30.5 Å². The molecule has 0 saturated carbocycles. The van der Waals surface area contributed by atoms with Crippen molar-refractivity contribution in [3.63, 3.8) is 0 Å². The molecule has 0 N–H and O–H groups in total. The minimum Gasteiger partial charge on any atom is -0.496 e. The first-order valence-electron chi connectivity index (χ1n) is 4.45. The maximum atomic E-state index is 9.85. The van der Waals surface area contributed by atoms with Gasteiger partial charge in [0.2, 0.25) is 6.08 Å². The summed E-state index contributed by atoms with van der Waals surface area (Å²) in [6.07, 6.45) is 2.29. The van der Waals surface area contributed by atoms with Crippen molar-refractivity contribution in [2.24, 2.45) is 4.99 Å². The topological polar surface area (TPSA) is 38.7 Å². The lowest BCUT2D eigenvalue weighted by atomic mass is 10.1. The largest absolute Gasteiger partial charge is 0.496 e. The van der Waals surface area contributed by atoms with Gasteiger partial charge in [-0.3, -0.25) is 0 Å². The SMILES string of the molecule is COc1ccc(CCN=C=O)cc1C. The van der Waals surface area contributed by atoms with Gasteiger partial charge >= 0.3 is 0 Å². The van der Waals surface area contributed by atoms with Crippen molar-refractivity contribution in [3.8, 4) is 5.75 Å². The molecule has 1 aromatic rings. The second-order valence-corrected chi connectivity index (χ2v) is 3.03. The molecule has 3 heteroatoms. The molecule has 0 spiro atoms. The van der Waals surface area contributed by atoms with E-state index in [4.69, 9.17) is 4.74 Å². The third-order valence-corrected chi connectivity index (χ3v) is 2.04. The summed E-state index contributed by atoms with van der Waals surface area (Å²) in [6, 6.07) is 5.95. The standard InChI is InChI=1S/C11H13NO2/c1-9-7-10(5-6-12-8-13)3-4-11(9)14-2/h3-4,7H,5-6H2,1-2H3. The van der Waals surface area contributed by atoms with Crippen molar-refractivity contribution < 1.29 is 9.53 Å². The van der Waals surface area contributed by atoms with E-state index in [1.54, 1.807) is 7.11 Å². The van der Waals surface area contributed by atoms with Crippen LogP contribution in [-0.4, -0.2) is 19.7 Å². The van der Waals surface area contributed by atoms with Gasteiger partial charge in [-0.2, -0.15) is 0 Å². The van der Waals surface area contributed by atoms with E-state index < -0.39 is 0 Å². The molecule has 0 bridgehead atoms. The highest BCUT2D eigenvalue weighted by atomic mass is 16.5. The van der Waals surface area contributed by atoms with Crippen LogP contribution in [0.2, 0.25) is 0 Å². The fourth-order valence-electron chi connectivity index (χ4n) is 1.33. The van der Waals surface area contributed by atoms with Crippen LogP contribution >= 0.6 is 0 Å². The Balaban J connectivity index is 2.70. The summed E-state index contributed by atoms with van der Waals surface area (Å²) < 4.78 is 5.14. The van der Waals surface area contributed by atoms with Gasteiger partial charge in [0.1, 0.15) is 5.75 Å². The number of methoxy groups -OCH3 is 1. The Morgan fingerprint density at radius 1 is 1.50 bits per heavy atom. The summed E-state index contributed by atoms with van der Waals surface area (Å²) in [5.41, 5.74) is 2.25. The minimum atomic E-state index is 0.495. The number of aliphatic imine (C=N–C) groups is 1. The molecule has 0 fully saturated rings. The minimum absolute atomic E-state index is 0.495. The number of benzene rings is 1. The lowest BCUT2D eigenvalue weighted by Gasteiger charge is -2.05. The average molecular weight is 191 g/mol. The summed E-state index contributed by atoms with van der Waals surface area (Å²) in [5.74, 6) is 0.882. The first kappa shape index (κ1) is 10.5. The van der Waals surface area contributed by atoms with Crippen LogP contribution in [0.25, 0.3) is 0 Å². The number of rotatable bonds is 4. The van der Waals surface area contributed by atoms with E-state index in [0.29, 0.717) is 6.54 Å². The molecule has 0 heterocycles. The second kappa shape index (κ2) is 5.20. The van der Waals surface area contributed by atoms with E-state index >= 15 is 0 Å². The Morgan fingerprint density at radius 2 is 2.29 bits per heavy atom. The zero-order chi connectivity index (χ0) is 10.4. The summed E-state index contributed by atoms with van der Waals surface area (Å²) in [4.78, 5) is 13.4. The molecular weight excluding hydrogens is 178 g/mol. The number of isocyanates is 1. The third-order valence-electron chi connectivity index (χ3n) is 2.04. The maximum Gasteiger partial charge on any atom is 0.234 e. The third kappa shape index (κ3) is 2.71. The molecule has 0 saturated heterocycles. The van der Waals surface area contributed by atoms with Gasteiger partial charge in [-0.15, -0.1) is 0 Å². The Labute approximate surface area is 83.4 Å². The van der Waals surface area contributed by atoms with E-state index in [-0.39, 0.29) is 0 Å². The Morgan fingerprint density at radius 3 is 2.86 bits per heavy atom. The predicted octanol–water partition coefficient (Wildman–Crippen LogP) is 1.88. The van der Waals surface area contributed by atoms with Crippen molar-refractivity contribution in [2.45, 2.75) is 13.3 Å². The number of nitrogens with zero attached hydrogens (tertiary/aromatic N) is 1. The lowest BCUT2D eigenvalue weighted by molar-refractivity contribution is 0.411. The monoisotopic (exact) mass is 191 g/mol. The van der Waals surface area contributed by atoms with Gasteiger partial charge in [0.05, 0.1) is 13.7 Å². The van der Waals surface area contributed by atoms with Gasteiger partial charge in [-0.25, -0.2) is 9.79 Å². The number of carbonyl (C=O) groups excluding carboxylic acids is 1. The zero-order valence-corrected chi connectivity index (χ0v) is 8.41. The van der Waals surface area contributed by atoms with E-state index in [0.717, 1.165) is 23.3 Å². The number of ether oxygens (including phenoxy) is 1. The molecule has 0 atom stereocenters. The Hall–Kier alpha value is -1.60. The molecule has 0 radical (unpaired) electrons. The number of hydrogen-bond donors (Lipinski definition) is 0. The quantitative estimate of drug-likeness (QED) is 0.538. The van der Waals surface area contributed by atoms with Crippen molar-refractivity contribution in [3.05, 3.63) is 29.3 Å². The van der Waals surface area contributed by atoms with Crippen molar-refractivity contribution in [1.82, 2.24) is 0 Å². The van der Waals surface area contributed by atoms with Gasteiger partial charge in [0, 0.05) is 0 Å². The molecule has 14 heavy (non-hydrogen) atoms. The van der Waals surface area contributed by atoms with Crippen LogP contribution in [0.1, 0.15) is 11.1 Å². The number of aryl methyl sites for hydroxylation is 1. The van der Waals surface area contributed by atoms with Crippen LogP contribution in [0.15, 0.2) is 23.2 Å². The van der Waals surface area contributed by atoms with Gasteiger partial charge in [-0.1, -0.05) is 12.1 Å². The van der Waals surface area contributed by atoms with Crippen LogP contribution in [0.4, 0.5) is 0 Å². The first-order chi connectivity index (χ1) is 6.77. The second-order valence-electron chi connectivity index (χ2n) is 3.03. The Bertz CT molecular complexity index is 354. The molecule has 0 aliphatic rings. The van der Waals surface area contributed by atoms with Crippen molar-refractivity contribution in [2.75, 3.05) is 13.7 Å². The molecule has 0 amide bonds. The lowest BCUT2D eigenvalue weighted by Crippen LogP contribution is -1.92. The van der Waals surface area contributed by atoms with Crippen molar-refractivity contribution >= 4 is 6.08 Å². The summed E-state index contributed by atoms with van der Waals surface area (Å²) in [7, 11) is 1.65. The zero-order valence-electron chi connectivity index (χ0n) is 8.41. The molecule has 1 rings (SSSR count). The van der Waals surface area contributed by atoms with E-state index in [1.807, 2.05) is 25.1 Å². The van der Waals surface area contributed by atoms with Gasteiger partial charge < -0.3 is 4.74 Å². The fourth-order valence-corrected chi connectivity index (χ4v) is 1.33. The molecule has 3 nitrogen and oxygen atoms in total. The van der Waals surface area contributed by atoms with Crippen LogP contribution in [-0.2, 0) is 11.2 Å². The molecular formula is C11H13NO2. The molecule has 0 aliphatic heterocycles. The van der Waals surface area contributed by atoms with Crippen molar-refractivity contribution in [1.29, 1.82) is 0 Å². The average Bonchev–Trinajstić information content (AvgIpc) is 2.18. The van der Waals surface area contributed by atoms with Gasteiger partial charge in [0.25, 0.3) is 0 Å². The fraction of sp³-hybridized carbons (Fsp3) is 0.364. The first-order valence-corrected chi connectivity index (χ1v) is 4.45. The summed E-state index contributed by atoms with van der Waals surface area (Å²) >= 11 is 0. The molecule has 1 aromatic carbocycles. The molecule has 74 valence electrons. The smallest absolute Gasteiger partial charge is 0.234 e.